The Hall–Kier alpha value is -1.96. The molecule has 0 fully saturated rings. The van der Waals surface area contributed by atoms with E-state index in [2.05, 4.69) is 52.4 Å². The van der Waals surface area contributed by atoms with E-state index >= 15 is 0 Å². The van der Waals surface area contributed by atoms with E-state index in [0.29, 0.717) is 6.67 Å². The van der Waals surface area contributed by atoms with Crippen molar-refractivity contribution in [3.05, 3.63) is 48.0 Å². The third-order valence-corrected chi connectivity index (χ3v) is 2.58. The predicted octanol–water partition coefficient (Wildman–Crippen LogP) is 2.67. The van der Waals surface area contributed by atoms with E-state index in [0.717, 1.165) is 11.3 Å². The zero-order valence-electron chi connectivity index (χ0n) is 8.22. The first-order chi connectivity index (χ1) is 7.43. The smallest absolute Gasteiger partial charge is 0.130 e. The van der Waals surface area contributed by atoms with Gasteiger partial charge in [0.1, 0.15) is 6.67 Å². The molecule has 0 aliphatic carbocycles. The zero-order valence-corrected chi connectivity index (χ0v) is 8.22. The molecule has 0 spiro atoms. The van der Waals surface area contributed by atoms with Crippen LogP contribution >= 0.6 is 0 Å². The molecule has 2 aromatic carbocycles. The lowest BCUT2D eigenvalue weighted by molar-refractivity contribution is 1.11. The molecule has 0 unspecified atom stereocenters. The number of fused-ring (bicyclic) bond motifs is 1. The second kappa shape index (κ2) is 3.31. The van der Waals surface area contributed by atoms with Gasteiger partial charge in [0, 0.05) is 11.8 Å². The van der Waals surface area contributed by atoms with Crippen molar-refractivity contribution < 1.29 is 0 Å². The first kappa shape index (κ1) is 8.36. The summed E-state index contributed by atoms with van der Waals surface area (Å²) in [5.41, 5.74) is 2.13. The summed E-state index contributed by atoms with van der Waals surface area (Å²) in [4.78, 5) is 8.40. The molecule has 0 atom stereocenters. The maximum Gasteiger partial charge on any atom is 0.130 e. The first-order valence-corrected chi connectivity index (χ1v) is 4.97. The number of nitrogens with zero attached hydrogens (tertiary/aromatic N) is 2. The third kappa shape index (κ3) is 1.44. The number of hydrogen-bond acceptors (Lipinski definition) is 2. The van der Waals surface area contributed by atoms with Crippen LogP contribution in [0.4, 0.5) is 0 Å². The fourth-order valence-corrected chi connectivity index (χ4v) is 1.80. The van der Waals surface area contributed by atoms with Gasteiger partial charge in [0.05, 0.1) is 5.71 Å². The van der Waals surface area contributed by atoms with Gasteiger partial charge < -0.3 is 0 Å². The van der Waals surface area contributed by atoms with E-state index in [1.165, 1.54) is 10.8 Å². The van der Waals surface area contributed by atoms with Gasteiger partial charge in [0.2, 0.25) is 0 Å². The second-order valence-corrected chi connectivity index (χ2v) is 3.56. The Bertz CT molecular complexity index is 568. The molecule has 0 amide bonds. The van der Waals surface area contributed by atoms with Crippen molar-refractivity contribution in [2.75, 3.05) is 6.67 Å². The van der Waals surface area contributed by atoms with E-state index < -0.39 is 0 Å². The summed E-state index contributed by atoms with van der Waals surface area (Å²) in [5.74, 6) is 0. The van der Waals surface area contributed by atoms with E-state index in [9.17, 15) is 0 Å². The van der Waals surface area contributed by atoms with Gasteiger partial charge in [0.25, 0.3) is 0 Å². The van der Waals surface area contributed by atoms with Crippen LogP contribution in [0.1, 0.15) is 5.56 Å². The minimum Gasteiger partial charge on any atom is -0.268 e. The van der Waals surface area contributed by atoms with Crippen molar-refractivity contribution >= 4 is 22.7 Å². The minimum atomic E-state index is 0.572. The normalized spacial score (nSPS) is 14.5. The van der Waals surface area contributed by atoms with Gasteiger partial charge >= 0.3 is 0 Å². The summed E-state index contributed by atoms with van der Waals surface area (Å²) >= 11 is 0. The molecule has 72 valence electrons. The monoisotopic (exact) mass is 194 g/mol. The van der Waals surface area contributed by atoms with Gasteiger partial charge in [0.15, 0.2) is 0 Å². The second-order valence-electron chi connectivity index (χ2n) is 3.56. The molecule has 2 aromatic rings. The van der Waals surface area contributed by atoms with Crippen LogP contribution in [0, 0.1) is 0 Å². The van der Waals surface area contributed by atoms with E-state index in [1.54, 1.807) is 0 Å². The van der Waals surface area contributed by atoms with Crippen molar-refractivity contribution in [2.45, 2.75) is 0 Å². The summed E-state index contributed by atoms with van der Waals surface area (Å²) in [7, 11) is 0. The zero-order chi connectivity index (χ0) is 10.1. The number of rotatable bonds is 1. The summed E-state index contributed by atoms with van der Waals surface area (Å²) in [6, 6.07) is 14.7. The molecule has 0 radical (unpaired) electrons. The average Bonchev–Trinajstić information content (AvgIpc) is 2.82. The van der Waals surface area contributed by atoms with Gasteiger partial charge in [-0.15, -0.1) is 0 Å². The Morgan fingerprint density at radius 3 is 2.60 bits per heavy atom. The first-order valence-electron chi connectivity index (χ1n) is 4.97. The Kier molecular flexibility index (Phi) is 1.85. The fourth-order valence-electron chi connectivity index (χ4n) is 1.80. The van der Waals surface area contributed by atoms with Crippen LogP contribution in [0.5, 0.6) is 0 Å². The van der Waals surface area contributed by atoms with Crippen molar-refractivity contribution in [1.82, 2.24) is 0 Å². The van der Waals surface area contributed by atoms with Gasteiger partial charge in [-0.05, 0) is 16.8 Å². The Morgan fingerprint density at radius 2 is 1.80 bits per heavy atom. The molecular weight excluding hydrogens is 184 g/mol. The molecule has 15 heavy (non-hydrogen) atoms. The van der Waals surface area contributed by atoms with Crippen LogP contribution in [0.25, 0.3) is 10.8 Å². The molecule has 0 saturated carbocycles. The van der Waals surface area contributed by atoms with Crippen LogP contribution in [0.15, 0.2) is 52.4 Å². The minimum absolute atomic E-state index is 0.572. The quantitative estimate of drug-likeness (QED) is 0.666. The lowest BCUT2D eigenvalue weighted by Gasteiger charge is -2.01. The molecule has 2 nitrogen and oxygen atoms in total. The lowest BCUT2D eigenvalue weighted by atomic mass is 10.0. The molecule has 0 N–H and O–H groups in total. The molecule has 1 heterocycles. The number of hydrogen-bond donors (Lipinski definition) is 0. The van der Waals surface area contributed by atoms with Crippen molar-refractivity contribution in [3.63, 3.8) is 0 Å². The number of aliphatic imine (C=N–C) groups is 2. The van der Waals surface area contributed by atoms with Crippen LogP contribution in [0.2, 0.25) is 0 Å². The predicted molar refractivity (Wildman–Crippen MR) is 63.8 cm³/mol. The highest BCUT2D eigenvalue weighted by atomic mass is 15.0. The van der Waals surface area contributed by atoms with E-state index in [-0.39, 0.29) is 0 Å². The molecular formula is C13H10N2. The summed E-state index contributed by atoms with van der Waals surface area (Å²) < 4.78 is 0. The topological polar surface area (TPSA) is 24.7 Å². The third-order valence-electron chi connectivity index (χ3n) is 2.58. The van der Waals surface area contributed by atoms with E-state index in [4.69, 9.17) is 0 Å². The lowest BCUT2D eigenvalue weighted by Crippen LogP contribution is -1.98. The molecule has 0 saturated heterocycles. The summed E-state index contributed by atoms with van der Waals surface area (Å²) in [5, 5.41) is 2.51. The molecule has 2 heteroatoms. The molecule has 1 aliphatic heterocycles. The van der Waals surface area contributed by atoms with Crippen LogP contribution in [-0.4, -0.2) is 18.6 Å². The SMILES string of the molecule is C1=NCN=C1c1ccc2ccccc2c1. The average molecular weight is 194 g/mol. The van der Waals surface area contributed by atoms with Gasteiger partial charge in [-0.2, -0.15) is 0 Å². The number of benzene rings is 2. The highest BCUT2D eigenvalue weighted by Gasteiger charge is 2.04. The molecule has 1 aliphatic rings. The van der Waals surface area contributed by atoms with Crippen LogP contribution < -0.4 is 0 Å². The fraction of sp³-hybridized carbons (Fsp3) is 0.0769. The molecule has 3 rings (SSSR count). The standard InChI is InChI=1S/C13H10N2/c1-2-4-11-7-12(6-5-10(11)3-1)13-8-14-9-15-13/h1-8H,9H2. The molecule has 0 aromatic heterocycles. The Labute approximate surface area is 88.0 Å². The molecule has 0 bridgehead atoms. The van der Waals surface area contributed by atoms with Gasteiger partial charge in [-0.25, -0.2) is 0 Å². The Morgan fingerprint density at radius 1 is 0.933 bits per heavy atom. The van der Waals surface area contributed by atoms with E-state index in [1.807, 2.05) is 6.21 Å². The maximum atomic E-state index is 4.31. The summed E-state index contributed by atoms with van der Waals surface area (Å²) in [6.07, 6.45) is 1.84. The van der Waals surface area contributed by atoms with Crippen LogP contribution in [-0.2, 0) is 0 Å². The maximum absolute atomic E-state index is 4.31. The van der Waals surface area contributed by atoms with Crippen molar-refractivity contribution in [2.24, 2.45) is 9.98 Å². The van der Waals surface area contributed by atoms with Gasteiger partial charge in [-0.3, -0.25) is 9.98 Å². The van der Waals surface area contributed by atoms with Crippen molar-refractivity contribution in [3.8, 4) is 0 Å². The highest BCUT2D eigenvalue weighted by molar-refractivity contribution is 6.39. The Balaban J connectivity index is 2.17. The summed E-state index contributed by atoms with van der Waals surface area (Å²) in [6.45, 7) is 0.572. The highest BCUT2D eigenvalue weighted by Crippen LogP contribution is 2.16. The van der Waals surface area contributed by atoms with Crippen LogP contribution in [0.3, 0.4) is 0 Å². The largest absolute Gasteiger partial charge is 0.268 e. The van der Waals surface area contributed by atoms with Gasteiger partial charge in [-0.1, -0.05) is 36.4 Å². The van der Waals surface area contributed by atoms with Crippen molar-refractivity contribution in [1.29, 1.82) is 0 Å².